The average Bonchev–Trinajstić information content (AvgIpc) is 3.32. The zero-order valence-corrected chi connectivity index (χ0v) is 16.1. The van der Waals surface area contributed by atoms with Gasteiger partial charge in [0, 0.05) is 11.1 Å². The number of nitrogens with zero attached hydrogens (tertiary/aromatic N) is 2. The van der Waals surface area contributed by atoms with Crippen molar-refractivity contribution in [3.8, 4) is 16.9 Å². The van der Waals surface area contributed by atoms with Crippen LogP contribution in [0.4, 0.5) is 13.2 Å². The topological polar surface area (TPSA) is 46.9 Å². The van der Waals surface area contributed by atoms with Crippen molar-refractivity contribution in [1.29, 1.82) is 0 Å². The Kier molecular flexibility index (Phi) is 4.39. The van der Waals surface area contributed by atoms with Crippen LogP contribution in [-0.4, -0.2) is 15.7 Å². The molecule has 0 saturated heterocycles. The van der Waals surface area contributed by atoms with Crippen LogP contribution in [-0.2, 0) is 6.18 Å². The van der Waals surface area contributed by atoms with E-state index in [4.69, 9.17) is 0 Å². The van der Waals surface area contributed by atoms with E-state index in [0.29, 0.717) is 16.8 Å². The molecule has 4 aromatic rings. The van der Waals surface area contributed by atoms with E-state index in [9.17, 15) is 18.0 Å². The van der Waals surface area contributed by atoms with E-state index in [-0.39, 0.29) is 5.69 Å². The van der Waals surface area contributed by atoms with Crippen LogP contribution in [0.25, 0.3) is 16.9 Å². The highest BCUT2D eigenvalue weighted by Crippen LogP contribution is 2.41. The summed E-state index contributed by atoms with van der Waals surface area (Å²) in [4.78, 5) is 12.8. The second-order valence-corrected chi connectivity index (χ2v) is 7.25. The monoisotopic (exact) mass is 419 g/mol. The van der Waals surface area contributed by atoms with Crippen molar-refractivity contribution in [2.45, 2.75) is 12.2 Å². The van der Waals surface area contributed by atoms with Gasteiger partial charge >= 0.3 is 6.18 Å². The molecule has 1 atom stereocenters. The van der Waals surface area contributed by atoms with Crippen LogP contribution in [0.3, 0.4) is 0 Å². The van der Waals surface area contributed by atoms with Crippen molar-refractivity contribution >= 4 is 5.91 Å². The Bertz CT molecular complexity index is 1260. The Morgan fingerprint density at radius 2 is 1.55 bits per heavy atom. The number of carbonyl (C=O) groups excluding carboxylic acids is 1. The average molecular weight is 419 g/mol. The first kappa shape index (κ1) is 19.1. The third kappa shape index (κ3) is 3.28. The second-order valence-electron chi connectivity index (χ2n) is 7.25. The van der Waals surface area contributed by atoms with Crippen molar-refractivity contribution in [1.82, 2.24) is 15.1 Å². The van der Waals surface area contributed by atoms with Crippen LogP contribution >= 0.6 is 0 Å². The number of halogens is 3. The Labute approximate surface area is 176 Å². The number of rotatable bonds is 3. The number of carbonyl (C=O) groups is 1. The van der Waals surface area contributed by atoms with Gasteiger partial charge in [0.1, 0.15) is 0 Å². The van der Waals surface area contributed by atoms with Crippen LogP contribution in [0.5, 0.6) is 0 Å². The molecule has 0 spiro atoms. The highest BCUT2D eigenvalue weighted by Gasteiger charge is 2.39. The molecular weight excluding hydrogens is 403 g/mol. The summed E-state index contributed by atoms with van der Waals surface area (Å²) >= 11 is 0. The summed E-state index contributed by atoms with van der Waals surface area (Å²) in [6.07, 6.45) is -4.47. The molecule has 0 bridgehead atoms. The van der Waals surface area contributed by atoms with Gasteiger partial charge in [-0.2, -0.15) is 18.3 Å². The van der Waals surface area contributed by atoms with Gasteiger partial charge in [0.15, 0.2) is 5.69 Å². The Hall–Kier alpha value is -3.87. The first-order valence-electron chi connectivity index (χ1n) is 9.65. The lowest BCUT2D eigenvalue weighted by Gasteiger charge is -2.17. The van der Waals surface area contributed by atoms with Crippen molar-refractivity contribution in [2.24, 2.45) is 0 Å². The first-order valence-corrected chi connectivity index (χ1v) is 9.65. The van der Waals surface area contributed by atoms with Gasteiger partial charge in [-0.3, -0.25) is 4.79 Å². The fourth-order valence-corrected chi connectivity index (χ4v) is 3.92. The molecule has 0 aliphatic carbocycles. The van der Waals surface area contributed by atoms with Gasteiger partial charge in [0.2, 0.25) is 0 Å². The Balaban J connectivity index is 1.74. The smallest absolute Gasteiger partial charge is 0.340 e. The fourth-order valence-electron chi connectivity index (χ4n) is 3.92. The number of fused-ring (bicyclic) bond motifs is 1. The van der Waals surface area contributed by atoms with E-state index in [2.05, 4.69) is 10.4 Å². The zero-order valence-electron chi connectivity index (χ0n) is 16.1. The minimum absolute atomic E-state index is 0.213. The molecule has 5 rings (SSSR count). The lowest BCUT2D eigenvalue weighted by Crippen LogP contribution is -2.22. The van der Waals surface area contributed by atoms with Crippen molar-refractivity contribution in [3.63, 3.8) is 0 Å². The molecule has 4 nitrogen and oxygen atoms in total. The summed E-state index contributed by atoms with van der Waals surface area (Å²) in [5.41, 5.74) is 2.61. The molecule has 31 heavy (non-hydrogen) atoms. The van der Waals surface area contributed by atoms with Gasteiger partial charge in [-0.15, -0.1) is 0 Å². The zero-order chi connectivity index (χ0) is 21.6. The predicted molar refractivity (Wildman–Crippen MR) is 110 cm³/mol. The van der Waals surface area contributed by atoms with Crippen LogP contribution in [0.15, 0.2) is 84.9 Å². The number of amides is 1. The van der Waals surface area contributed by atoms with Gasteiger partial charge in [0.25, 0.3) is 5.91 Å². The SMILES string of the molecule is O=C1NC(c2cccc(C(F)(F)F)c2)c2c1nn(-c1ccccc1)c2-c1ccccc1. The molecule has 1 aliphatic heterocycles. The van der Waals surface area contributed by atoms with Crippen LogP contribution in [0.1, 0.15) is 33.2 Å². The van der Waals surface area contributed by atoms with Crippen LogP contribution < -0.4 is 5.32 Å². The molecular formula is C24H16F3N3O. The number of para-hydroxylation sites is 1. The van der Waals surface area contributed by atoms with Gasteiger partial charge in [-0.05, 0) is 29.8 Å². The number of alkyl halides is 3. The fraction of sp³-hybridized carbons (Fsp3) is 0.0833. The van der Waals surface area contributed by atoms with Crippen molar-refractivity contribution in [3.05, 3.63) is 107 Å². The number of aromatic nitrogens is 2. The summed E-state index contributed by atoms with van der Waals surface area (Å²) in [7, 11) is 0. The van der Waals surface area contributed by atoms with E-state index in [1.165, 1.54) is 6.07 Å². The molecule has 3 aromatic carbocycles. The van der Waals surface area contributed by atoms with Gasteiger partial charge in [0.05, 0.1) is 23.0 Å². The predicted octanol–water partition coefficient (Wildman–Crippen LogP) is 5.39. The molecule has 1 aromatic heterocycles. The molecule has 154 valence electrons. The maximum atomic E-state index is 13.3. The molecule has 1 aliphatic rings. The number of benzene rings is 3. The van der Waals surface area contributed by atoms with E-state index in [0.717, 1.165) is 23.4 Å². The first-order chi connectivity index (χ1) is 14.9. The lowest BCUT2D eigenvalue weighted by atomic mass is 9.95. The molecule has 1 N–H and O–H groups in total. The maximum absolute atomic E-state index is 13.3. The summed E-state index contributed by atoms with van der Waals surface area (Å²) < 4.78 is 41.6. The summed E-state index contributed by atoms with van der Waals surface area (Å²) in [5.74, 6) is -0.413. The highest BCUT2D eigenvalue weighted by molar-refractivity contribution is 6.00. The maximum Gasteiger partial charge on any atom is 0.416 e. The normalized spacial score (nSPS) is 15.6. The van der Waals surface area contributed by atoms with E-state index >= 15 is 0 Å². The van der Waals surface area contributed by atoms with Crippen LogP contribution in [0.2, 0.25) is 0 Å². The number of hydrogen-bond acceptors (Lipinski definition) is 2. The number of hydrogen-bond donors (Lipinski definition) is 1. The molecule has 1 amide bonds. The van der Waals surface area contributed by atoms with E-state index in [1.807, 2.05) is 60.7 Å². The molecule has 0 radical (unpaired) electrons. The molecule has 7 heteroatoms. The third-order valence-electron chi connectivity index (χ3n) is 5.30. The minimum atomic E-state index is -4.47. The second kappa shape index (κ2) is 7.12. The van der Waals surface area contributed by atoms with Gasteiger partial charge < -0.3 is 5.32 Å². The number of nitrogens with one attached hydrogen (secondary N) is 1. The molecule has 0 fully saturated rings. The molecule has 0 saturated carbocycles. The summed E-state index contributed by atoms with van der Waals surface area (Å²) in [6.45, 7) is 0. The standard InChI is InChI=1S/C24H16F3N3O/c25-24(26,27)17-11-7-10-16(14-17)20-19-21(23(31)28-20)29-30(18-12-5-2-6-13-18)22(19)15-8-3-1-4-9-15/h1-14,20H,(H,28,31). The van der Waals surface area contributed by atoms with Gasteiger partial charge in [-0.25, -0.2) is 4.68 Å². The van der Waals surface area contributed by atoms with Crippen molar-refractivity contribution in [2.75, 3.05) is 0 Å². The quantitative estimate of drug-likeness (QED) is 0.484. The van der Waals surface area contributed by atoms with Crippen molar-refractivity contribution < 1.29 is 18.0 Å². The summed E-state index contributed by atoms with van der Waals surface area (Å²) in [6, 6.07) is 23.0. The van der Waals surface area contributed by atoms with Crippen LogP contribution in [0, 0.1) is 0 Å². The van der Waals surface area contributed by atoms with E-state index < -0.39 is 23.7 Å². The Morgan fingerprint density at radius 3 is 2.23 bits per heavy atom. The summed E-state index contributed by atoms with van der Waals surface area (Å²) in [5, 5.41) is 7.35. The minimum Gasteiger partial charge on any atom is -0.340 e. The largest absolute Gasteiger partial charge is 0.416 e. The van der Waals surface area contributed by atoms with E-state index in [1.54, 1.807) is 10.7 Å². The highest BCUT2D eigenvalue weighted by atomic mass is 19.4. The van der Waals surface area contributed by atoms with Gasteiger partial charge in [-0.1, -0.05) is 60.7 Å². The third-order valence-corrected chi connectivity index (χ3v) is 5.30. The lowest BCUT2D eigenvalue weighted by molar-refractivity contribution is -0.137. The molecule has 1 unspecified atom stereocenters. The Morgan fingerprint density at radius 1 is 0.871 bits per heavy atom. The molecule has 2 heterocycles.